The van der Waals surface area contributed by atoms with E-state index in [0.717, 1.165) is 75.2 Å². The van der Waals surface area contributed by atoms with Crippen molar-refractivity contribution in [2.24, 2.45) is 5.41 Å². The third kappa shape index (κ3) is 4.61. The molecule has 1 N–H and O–H groups in total. The van der Waals surface area contributed by atoms with E-state index in [0.29, 0.717) is 18.9 Å². The fourth-order valence-electron chi connectivity index (χ4n) is 4.49. The van der Waals surface area contributed by atoms with E-state index >= 15 is 0 Å². The molecule has 0 aliphatic carbocycles. The normalized spacial score (nSPS) is 20.4. The summed E-state index contributed by atoms with van der Waals surface area (Å²) in [6.45, 7) is 9.02. The second-order valence-corrected chi connectivity index (χ2v) is 8.34. The average Bonchev–Trinajstić information content (AvgIpc) is 2.67. The predicted molar refractivity (Wildman–Crippen MR) is 106 cm³/mol. The van der Waals surface area contributed by atoms with Crippen LogP contribution in [0.4, 0.5) is 0 Å². The molecule has 0 saturated carbocycles. The molecule has 6 nitrogen and oxygen atoms in total. The van der Waals surface area contributed by atoms with Gasteiger partial charge in [-0.05, 0) is 58.0 Å². The predicted octanol–water partition coefficient (Wildman–Crippen LogP) is 2.23. The van der Waals surface area contributed by atoms with Gasteiger partial charge in [-0.25, -0.2) is 0 Å². The number of aryl methyl sites for hydroxylation is 1. The van der Waals surface area contributed by atoms with Crippen molar-refractivity contribution in [2.45, 2.75) is 52.5 Å². The van der Waals surface area contributed by atoms with Gasteiger partial charge in [0.1, 0.15) is 0 Å². The zero-order valence-corrected chi connectivity index (χ0v) is 17.0. The lowest BCUT2D eigenvalue weighted by Crippen LogP contribution is -2.51. The van der Waals surface area contributed by atoms with Crippen molar-refractivity contribution in [1.82, 2.24) is 14.8 Å². The Morgan fingerprint density at radius 2 is 1.93 bits per heavy atom. The maximum absolute atomic E-state index is 12.3. The number of methoxy groups -OCH3 is 1. The Kier molecular flexibility index (Phi) is 6.37. The van der Waals surface area contributed by atoms with Crippen LogP contribution >= 0.6 is 0 Å². The first-order chi connectivity index (χ1) is 12.9. The van der Waals surface area contributed by atoms with Gasteiger partial charge in [-0.3, -0.25) is 14.5 Å². The number of hydrogen-bond donors (Lipinski definition) is 1. The van der Waals surface area contributed by atoms with E-state index in [1.807, 2.05) is 20.0 Å². The summed E-state index contributed by atoms with van der Waals surface area (Å²) in [5.41, 5.74) is 3.06. The highest BCUT2D eigenvalue weighted by atomic mass is 16.5. The first-order valence-corrected chi connectivity index (χ1v) is 10.1. The Bertz CT molecular complexity index is 720. The molecule has 0 aromatic carbocycles. The molecule has 0 unspecified atom stereocenters. The number of pyridine rings is 1. The van der Waals surface area contributed by atoms with Gasteiger partial charge in [0.15, 0.2) is 5.43 Å². The highest BCUT2D eigenvalue weighted by Crippen LogP contribution is 2.40. The molecule has 150 valence electrons. The molecule has 3 heterocycles. The minimum Gasteiger partial charge on any atom is -0.385 e. The number of rotatable bonds is 6. The van der Waals surface area contributed by atoms with E-state index in [1.54, 1.807) is 7.11 Å². The van der Waals surface area contributed by atoms with Gasteiger partial charge in [0.05, 0.1) is 0 Å². The first-order valence-electron chi connectivity index (χ1n) is 10.1. The van der Waals surface area contributed by atoms with Gasteiger partial charge in [-0.2, -0.15) is 0 Å². The molecule has 1 amide bonds. The van der Waals surface area contributed by atoms with Crippen molar-refractivity contribution < 1.29 is 9.53 Å². The summed E-state index contributed by atoms with van der Waals surface area (Å²) >= 11 is 0. The number of H-pyrrole nitrogens is 1. The van der Waals surface area contributed by atoms with E-state index in [9.17, 15) is 9.59 Å². The molecular weight excluding hydrogens is 342 g/mol. The number of likely N-dealkylation sites (tertiary alicyclic amines) is 2. The monoisotopic (exact) mass is 375 g/mol. The molecule has 3 rings (SSSR count). The summed E-state index contributed by atoms with van der Waals surface area (Å²) in [5.74, 6) is 0.298. The van der Waals surface area contributed by atoms with Crippen LogP contribution in [0.25, 0.3) is 0 Å². The maximum Gasteiger partial charge on any atom is 0.222 e. The third-order valence-corrected chi connectivity index (χ3v) is 6.44. The van der Waals surface area contributed by atoms with Gasteiger partial charge in [-0.15, -0.1) is 0 Å². The Labute approximate surface area is 161 Å². The van der Waals surface area contributed by atoms with Gasteiger partial charge in [0.25, 0.3) is 0 Å². The number of ether oxygens (including phenoxy) is 1. The molecule has 2 fully saturated rings. The van der Waals surface area contributed by atoms with E-state index in [2.05, 4.69) is 14.8 Å². The topological polar surface area (TPSA) is 65.6 Å². The molecule has 6 heteroatoms. The quantitative estimate of drug-likeness (QED) is 0.775. The van der Waals surface area contributed by atoms with Crippen molar-refractivity contribution >= 4 is 5.91 Å². The maximum atomic E-state index is 12.3. The van der Waals surface area contributed by atoms with Crippen LogP contribution in [0.15, 0.2) is 11.0 Å². The zero-order chi connectivity index (χ0) is 19.4. The molecule has 2 aliphatic rings. The molecule has 1 aromatic rings. The van der Waals surface area contributed by atoms with Gasteiger partial charge in [-0.1, -0.05) is 0 Å². The van der Waals surface area contributed by atoms with E-state index in [-0.39, 0.29) is 10.8 Å². The van der Waals surface area contributed by atoms with Crippen LogP contribution in [0.3, 0.4) is 0 Å². The van der Waals surface area contributed by atoms with Gasteiger partial charge < -0.3 is 14.6 Å². The van der Waals surface area contributed by atoms with Crippen molar-refractivity contribution in [3.8, 4) is 0 Å². The minimum absolute atomic E-state index is 0.148. The summed E-state index contributed by atoms with van der Waals surface area (Å²) in [5, 5.41) is 0. The van der Waals surface area contributed by atoms with Crippen molar-refractivity contribution in [3.05, 3.63) is 33.2 Å². The summed E-state index contributed by atoms with van der Waals surface area (Å²) in [6, 6.07) is 0. The largest absolute Gasteiger partial charge is 0.385 e. The fraction of sp³-hybridized carbons (Fsp3) is 0.714. The summed E-state index contributed by atoms with van der Waals surface area (Å²) in [6.07, 6.45) is 6.66. The molecule has 2 aliphatic heterocycles. The van der Waals surface area contributed by atoms with Gasteiger partial charge in [0.2, 0.25) is 5.91 Å². The number of carbonyl (C=O) groups excluding carboxylic acids is 1. The van der Waals surface area contributed by atoms with Gasteiger partial charge in [0, 0.05) is 62.8 Å². The highest BCUT2D eigenvalue weighted by Gasteiger charge is 2.40. The molecule has 27 heavy (non-hydrogen) atoms. The number of hydrogen-bond acceptors (Lipinski definition) is 4. The molecular formula is C21H33N3O3. The second-order valence-electron chi connectivity index (χ2n) is 8.34. The summed E-state index contributed by atoms with van der Waals surface area (Å²) in [7, 11) is 1.71. The van der Waals surface area contributed by atoms with E-state index in [1.165, 1.54) is 0 Å². The summed E-state index contributed by atoms with van der Waals surface area (Å²) in [4.78, 5) is 32.2. The Morgan fingerprint density at radius 1 is 1.19 bits per heavy atom. The fourth-order valence-corrected chi connectivity index (χ4v) is 4.49. The van der Waals surface area contributed by atoms with Crippen LogP contribution in [0.1, 0.15) is 48.9 Å². The van der Waals surface area contributed by atoms with Crippen molar-refractivity contribution in [2.75, 3.05) is 39.9 Å². The van der Waals surface area contributed by atoms with Crippen LogP contribution in [-0.2, 0) is 16.1 Å². The Balaban J connectivity index is 1.57. The minimum atomic E-state index is 0.148. The molecule has 0 atom stereocenters. The average molecular weight is 376 g/mol. The van der Waals surface area contributed by atoms with Crippen molar-refractivity contribution in [1.29, 1.82) is 0 Å². The van der Waals surface area contributed by atoms with Crippen LogP contribution in [0.5, 0.6) is 0 Å². The first kappa shape index (κ1) is 20.1. The van der Waals surface area contributed by atoms with Crippen LogP contribution in [0, 0.1) is 19.3 Å². The highest BCUT2D eigenvalue weighted by molar-refractivity contribution is 5.77. The molecule has 0 bridgehead atoms. The van der Waals surface area contributed by atoms with E-state index in [4.69, 9.17) is 4.74 Å². The number of amides is 1. The second kappa shape index (κ2) is 8.57. The number of nitrogens with one attached hydrogen (secondary N) is 1. The molecule has 2 saturated heterocycles. The smallest absolute Gasteiger partial charge is 0.222 e. The number of aromatic amines is 1. The lowest BCUT2D eigenvalue weighted by atomic mass is 9.72. The standard InChI is InChI=1S/C21H33N3O3/c1-16-13-22-18(17(2)20(16)26)14-23-10-7-21(8-11-23)6-5-19(25)24(15-21)9-4-12-27-3/h13H,4-12,14-15H2,1-3H3,(H,22,26). The SMILES string of the molecule is COCCCN1CC2(CCC1=O)CCN(Cc1[nH]cc(C)c(=O)c1C)CC2. The van der Waals surface area contributed by atoms with Crippen LogP contribution in [0.2, 0.25) is 0 Å². The Morgan fingerprint density at radius 3 is 2.63 bits per heavy atom. The lowest BCUT2D eigenvalue weighted by molar-refractivity contribution is -0.139. The van der Waals surface area contributed by atoms with Crippen molar-refractivity contribution in [3.63, 3.8) is 0 Å². The van der Waals surface area contributed by atoms with Crippen LogP contribution < -0.4 is 5.43 Å². The number of nitrogens with zero attached hydrogens (tertiary/aromatic N) is 2. The van der Waals surface area contributed by atoms with Crippen LogP contribution in [-0.4, -0.2) is 60.6 Å². The molecule has 1 spiro atoms. The Hall–Kier alpha value is -1.66. The number of aromatic nitrogens is 1. The van der Waals surface area contributed by atoms with E-state index < -0.39 is 0 Å². The zero-order valence-electron chi connectivity index (χ0n) is 17.0. The molecule has 1 aromatic heterocycles. The van der Waals surface area contributed by atoms with Gasteiger partial charge >= 0.3 is 0 Å². The summed E-state index contributed by atoms with van der Waals surface area (Å²) < 4.78 is 5.13. The third-order valence-electron chi connectivity index (χ3n) is 6.44. The number of piperidine rings is 2. The number of carbonyl (C=O) groups is 1. The molecule has 0 radical (unpaired) electrons. The lowest BCUT2D eigenvalue weighted by Gasteiger charge is -2.47.